The number of fused-ring (bicyclic) bond motifs is 1. The smallest absolute Gasteiger partial charge is 0.397 e. The summed E-state index contributed by atoms with van der Waals surface area (Å²) in [4.78, 5) is 0. The molecule has 18 heavy (non-hydrogen) atoms. The second-order valence-corrected chi connectivity index (χ2v) is 4.42. The van der Waals surface area contributed by atoms with Crippen molar-refractivity contribution in [3.8, 4) is 5.75 Å². The van der Waals surface area contributed by atoms with Crippen LogP contribution in [0.2, 0.25) is 0 Å². The van der Waals surface area contributed by atoms with E-state index in [2.05, 4.69) is 4.18 Å². The quantitative estimate of drug-likeness (QED) is 0.818. The molecule has 0 amide bonds. The molecule has 6 heteroatoms. The normalized spacial score (nSPS) is 10.8. The second-order valence-electron chi connectivity index (χ2n) is 3.33. The number of benzene rings is 2. The topological polar surface area (TPSA) is 83.8 Å². The maximum atomic E-state index is 9.56. The number of phenols is 1. The molecule has 2 aromatic rings. The van der Waals surface area contributed by atoms with Crippen LogP contribution in [-0.4, -0.2) is 24.7 Å². The molecule has 0 spiro atoms. The maximum absolute atomic E-state index is 9.56. The van der Waals surface area contributed by atoms with Gasteiger partial charge in [0.25, 0.3) is 0 Å². The Morgan fingerprint density at radius 2 is 1.72 bits per heavy atom. The SMILES string of the molecule is CCOS(=O)(=O)O.Oc1cccc2ccccc12. The van der Waals surface area contributed by atoms with Gasteiger partial charge in [0.2, 0.25) is 0 Å². The van der Waals surface area contributed by atoms with Crippen molar-refractivity contribution < 1.29 is 22.3 Å². The van der Waals surface area contributed by atoms with Gasteiger partial charge in [-0.25, -0.2) is 4.18 Å². The Balaban J connectivity index is 0.000000203. The fourth-order valence-corrected chi connectivity index (χ4v) is 1.66. The molecule has 0 radical (unpaired) electrons. The summed E-state index contributed by atoms with van der Waals surface area (Å²) in [5, 5.41) is 11.4. The second kappa shape index (κ2) is 6.34. The van der Waals surface area contributed by atoms with E-state index in [1.807, 2.05) is 36.4 Å². The van der Waals surface area contributed by atoms with Crippen molar-refractivity contribution in [1.82, 2.24) is 0 Å². The lowest BCUT2D eigenvalue weighted by atomic mass is 10.1. The van der Waals surface area contributed by atoms with E-state index < -0.39 is 10.4 Å². The molecule has 98 valence electrons. The van der Waals surface area contributed by atoms with Gasteiger partial charge in [-0.1, -0.05) is 36.4 Å². The monoisotopic (exact) mass is 270 g/mol. The summed E-state index contributed by atoms with van der Waals surface area (Å²) < 4.78 is 30.7. The van der Waals surface area contributed by atoms with Crippen LogP contribution in [0.5, 0.6) is 5.75 Å². The van der Waals surface area contributed by atoms with E-state index in [0.717, 1.165) is 10.8 Å². The van der Waals surface area contributed by atoms with Crippen molar-refractivity contribution in [2.45, 2.75) is 6.92 Å². The third kappa shape index (κ3) is 4.70. The largest absolute Gasteiger partial charge is 0.507 e. The van der Waals surface area contributed by atoms with Gasteiger partial charge in [-0.05, 0) is 18.4 Å². The third-order valence-corrected chi connectivity index (χ3v) is 2.57. The summed E-state index contributed by atoms with van der Waals surface area (Å²) >= 11 is 0. The van der Waals surface area contributed by atoms with Crippen LogP contribution in [-0.2, 0) is 14.6 Å². The molecule has 0 aliphatic rings. The van der Waals surface area contributed by atoms with Crippen molar-refractivity contribution in [2.24, 2.45) is 0 Å². The molecule has 0 aliphatic carbocycles. The Hall–Kier alpha value is -1.63. The molecule has 0 atom stereocenters. The standard InChI is InChI=1S/C10H8O.C2H6O4S/c11-10-7-3-5-8-4-1-2-6-9(8)10;1-2-6-7(3,4)5/h1-7,11H;2H2,1H3,(H,3,4,5). The highest BCUT2D eigenvalue weighted by Crippen LogP contribution is 2.22. The fraction of sp³-hybridized carbons (Fsp3) is 0.167. The van der Waals surface area contributed by atoms with E-state index >= 15 is 0 Å². The minimum Gasteiger partial charge on any atom is -0.507 e. The van der Waals surface area contributed by atoms with Crippen LogP contribution < -0.4 is 0 Å². The van der Waals surface area contributed by atoms with Gasteiger partial charge in [-0.2, -0.15) is 8.42 Å². The van der Waals surface area contributed by atoms with Crippen LogP contribution in [0.25, 0.3) is 10.8 Å². The first-order valence-electron chi connectivity index (χ1n) is 5.22. The van der Waals surface area contributed by atoms with Crippen molar-refractivity contribution in [1.29, 1.82) is 0 Å². The van der Waals surface area contributed by atoms with Crippen LogP contribution in [0, 0.1) is 0 Å². The van der Waals surface area contributed by atoms with Crippen molar-refractivity contribution in [2.75, 3.05) is 6.61 Å². The summed E-state index contributed by atoms with van der Waals surface area (Å²) in [7, 11) is -4.17. The van der Waals surface area contributed by atoms with E-state index in [1.165, 1.54) is 6.92 Å². The molecule has 0 bridgehead atoms. The molecule has 0 unspecified atom stereocenters. The number of phenolic OH excluding ortho intramolecular Hbond substituents is 1. The molecular weight excluding hydrogens is 256 g/mol. The van der Waals surface area contributed by atoms with E-state index in [0.29, 0.717) is 5.75 Å². The van der Waals surface area contributed by atoms with Gasteiger partial charge in [0.15, 0.2) is 0 Å². The van der Waals surface area contributed by atoms with Gasteiger partial charge in [0.1, 0.15) is 5.75 Å². The summed E-state index contributed by atoms with van der Waals surface area (Å²) in [6.07, 6.45) is 0. The lowest BCUT2D eigenvalue weighted by Crippen LogP contribution is -2.01. The highest BCUT2D eigenvalue weighted by Gasteiger charge is 1.98. The predicted molar refractivity (Wildman–Crippen MR) is 68.8 cm³/mol. The van der Waals surface area contributed by atoms with Crippen LogP contribution in [0.1, 0.15) is 6.92 Å². The zero-order valence-electron chi connectivity index (χ0n) is 9.78. The zero-order valence-corrected chi connectivity index (χ0v) is 10.6. The molecular formula is C12H14O5S. The Morgan fingerprint density at radius 3 is 2.22 bits per heavy atom. The molecule has 2 N–H and O–H groups in total. The molecule has 2 aromatic carbocycles. The molecule has 0 aromatic heterocycles. The lowest BCUT2D eigenvalue weighted by Gasteiger charge is -1.97. The predicted octanol–water partition coefficient (Wildman–Crippen LogP) is 2.37. The van der Waals surface area contributed by atoms with Gasteiger partial charge in [-0.15, -0.1) is 0 Å². The summed E-state index contributed by atoms with van der Waals surface area (Å²) in [5.74, 6) is 0.350. The highest BCUT2D eigenvalue weighted by atomic mass is 32.3. The number of aromatic hydroxyl groups is 1. The minimum atomic E-state index is -4.17. The Labute approximate surface area is 106 Å². The van der Waals surface area contributed by atoms with E-state index in [9.17, 15) is 13.5 Å². The summed E-state index contributed by atoms with van der Waals surface area (Å²) in [6, 6.07) is 13.3. The minimum absolute atomic E-state index is 0.0289. The lowest BCUT2D eigenvalue weighted by molar-refractivity contribution is 0.283. The first kappa shape index (κ1) is 14.4. The van der Waals surface area contributed by atoms with Crippen molar-refractivity contribution in [3.05, 3.63) is 42.5 Å². The van der Waals surface area contributed by atoms with Crippen molar-refractivity contribution >= 4 is 21.2 Å². The van der Waals surface area contributed by atoms with Gasteiger partial charge in [-0.3, -0.25) is 4.55 Å². The first-order chi connectivity index (χ1) is 8.44. The van der Waals surface area contributed by atoms with Crippen LogP contribution in [0.4, 0.5) is 0 Å². The molecule has 2 rings (SSSR count). The van der Waals surface area contributed by atoms with E-state index in [1.54, 1.807) is 6.07 Å². The van der Waals surface area contributed by atoms with Crippen LogP contribution in [0.15, 0.2) is 42.5 Å². The molecule has 0 heterocycles. The molecule has 0 aliphatic heterocycles. The van der Waals surface area contributed by atoms with E-state index in [-0.39, 0.29) is 6.61 Å². The Bertz CT molecular complexity index is 601. The number of rotatable bonds is 2. The average Bonchev–Trinajstić information content (AvgIpc) is 2.29. The molecule has 0 fully saturated rings. The molecule has 5 nitrogen and oxygen atoms in total. The summed E-state index contributed by atoms with van der Waals surface area (Å²) in [5.41, 5.74) is 0. The van der Waals surface area contributed by atoms with Gasteiger partial charge < -0.3 is 5.11 Å². The number of hydrogen-bond acceptors (Lipinski definition) is 4. The van der Waals surface area contributed by atoms with Gasteiger partial charge in [0.05, 0.1) is 6.61 Å². The van der Waals surface area contributed by atoms with Gasteiger partial charge >= 0.3 is 10.4 Å². The summed E-state index contributed by atoms with van der Waals surface area (Å²) in [6.45, 7) is 1.44. The van der Waals surface area contributed by atoms with Crippen LogP contribution >= 0.6 is 0 Å². The zero-order chi connectivity index (χ0) is 13.6. The Kier molecular flexibility index (Phi) is 5.08. The van der Waals surface area contributed by atoms with E-state index in [4.69, 9.17) is 4.55 Å². The third-order valence-electron chi connectivity index (χ3n) is 2.03. The van der Waals surface area contributed by atoms with Crippen LogP contribution in [0.3, 0.4) is 0 Å². The fourth-order valence-electron chi connectivity index (χ4n) is 1.36. The first-order valence-corrected chi connectivity index (χ1v) is 6.59. The highest BCUT2D eigenvalue weighted by molar-refractivity contribution is 7.80. The average molecular weight is 270 g/mol. The number of hydrogen-bond donors (Lipinski definition) is 2. The molecule has 0 saturated heterocycles. The van der Waals surface area contributed by atoms with Gasteiger partial charge in [0, 0.05) is 5.39 Å². The van der Waals surface area contributed by atoms with Crippen molar-refractivity contribution in [3.63, 3.8) is 0 Å². The Morgan fingerprint density at radius 1 is 1.11 bits per heavy atom. The maximum Gasteiger partial charge on any atom is 0.397 e. The molecule has 0 saturated carbocycles.